The molecular formula is C20H28N2O4S. The Labute approximate surface area is 161 Å². The first-order chi connectivity index (χ1) is 12.8. The fraction of sp³-hybridized carbons (Fsp3) is 0.650. The normalized spacial score (nSPS) is 31.9. The van der Waals surface area contributed by atoms with Gasteiger partial charge in [0.05, 0.1) is 18.6 Å². The molecule has 1 aromatic rings. The van der Waals surface area contributed by atoms with Gasteiger partial charge in [0.15, 0.2) is 0 Å². The van der Waals surface area contributed by atoms with E-state index in [1.54, 1.807) is 12.1 Å². The molecule has 7 heteroatoms. The van der Waals surface area contributed by atoms with Crippen molar-refractivity contribution in [1.29, 1.82) is 0 Å². The molecule has 0 heterocycles. The Morgan fingerprint density at radius 1 is 1.11 bits per heavy atom. The van der Waals surface area contributed by atoms with E-state index in [2.05, 4.69) is 5.32 Å². The van der Waals surface area contributed by atoms with Crippen molar-refractivity contribution in [2.75, 3.05) is 20.7 Å². The van der Waals surface area contributed by atoms with Crippen LogP contribution < -0.4 is 10.1 Å². The van der Waals surface area contributed by atoms with Crippen molar-refractivity contribution in [2.24, 2.45) is 17.8 Å². The number of methoxy groups -OCH3 is 1. The molecule has 0 aromatic heterocycles. The predicted molar refractivity (Wildman–Crippen MR) is 102 cm³/mol. The molecule has 4 fully saturated rings. The third-order valence-electron chi connectivity index (χ3n) is 6.58. The zero-order valence-electron chi connectivity index (χ0n) is 16.0. The van der Waals surface area contributed by atoms with Crippen LogP contribution in [0.3, 0.4) is 0 Å². The van der Waals surface area contributed by atoms with Crippen LogP contribution in [0.15, 0.2) is 29.2 Å². The molecular weight excluding hydrogens is 364 g/mol. The summed E-state index contributed by atoms with van der Waals surface area (Å²) in [6.07, 6.45) is 7.08. The Kier molecular flexibility index (Phi) is 4.71. The van der Waals surface area contributed by atoms with Gasteiger partial charge in [-0.2, -0.15) is 4.31 Å². The molecule has 1 amide bonds. The SMILES string of the molecule is COc1ccc(S(=O)(=O)N(C)CC(=O)NC23CC4CC(CC(C4)C2)C3)cc1. The Morgan fingerprint density at radius 2 is 1.63 bits per heavy atom. The highest BCUT2D eigenvalue weighted by molar-refractivity contribution is 7.89. The van der Waals surface area contributed by atoms with Crippen molar-refractivity contribution in [2.45, 2.75) is 49.0 Å². The number of sulfonamides is 1. The van der Waals surface area contributed by atoms with Crippen LogP contribution in [0.4, 0.5) is 0 Å². The lowest BCUT2D eigenvalue weighted by Crippen LogP contribution is -2.61. The number of benzene rings is 1. The van der Waals surface area contributed by atoms with E-state index in [1.165, 1.54) is 45.6 Å². The van der Waals surface area contributed by atoms with Crippen LogP contribution in [0.25, 0.3) is 0 Å². The first kappa shape index (κ1) is 18.7. The van der Waals surface area contributed by atoms with Gasteiger partial charge in [-0.25, -0.2) is 8.42 Å². The molecule has 0 aliphatic heterocycles. The van der Waals surface area contributed by atoms with Gasteiger partial charge in [0, 0.05) is 12.6 Å². The summed E-state index contributed by atoms with van der Waals surface area (Å²) in [5.74, 6) is 2.60. The summed E-state index contributed by atoms with van der Waals surface area (Å²) in [5, 5.41) is 3.23. The highest BCUT2D eigenvalue weighted by Gasteiger charge is 2.51. The smallest absolute Gasteiger partial charge is 0.243 e. The first-order valence-electron chi connectivity index (χ1n) is 9.71. The first-order valence-corrected chi connectivity index (χ1v) is 11.1. The summed E-state index contributed by atoms with van der Waals surface area (Å²) in [4.78, 5) is 12.8. The number of amides is 1. The summed E-state index contributed by atoms with van der Waals surface area (Å²) in [5.41, 5.74) is -0.101. The van der Waals surface area contributed by atoms with Gasteiger partial charge >= 0.3 is 0 Å². The number of nitrogens with zero attached hydrogens (tertiary/aromatic N) is 1. The molecule has 4 aliphatic carbocycles. The highest BCUT2D eigenvalue weighted by atomic mass is 32.2. The van der Waals surface area contributed by atoms with E-state index in [0.29, 0.717) is 5.75 Å². The van der Waals surface area contributed by atoms with Crippen molar-refractivity contribution in [3.63, 3.8) is 0 Å². The average Bonchev–Trinajstić information content (AvgIpc) is 2.59. The minimum absolute atomic E-state index is 0.101. The minimum atomic E-state index is -3.71. The largest absolute Gasteiger partial charge is 0.497 e. The number of hydrogen-bond acceptors (Lipinski definition) is 4. The van der Waals surface area contributed by atoms with Crippen LogP contribution >= 0.6 is 0 Å². The lowest BCUT2D eigenvalue weighted by Gasteiger charge is -2.57. The monoisotopic (exact) mass is 392 g/mol. The van der Waals surface area contributed by atoms with E-state index >= 15 is 0 Å². The number of rotatable bonds is 6. The quantitative estimate of drug-likeness (QED) is 0.807. The van der Waals surface area contributed by atoms with Gasteiger partial charge in [-0.3, -0.25) is 4.79 Å². The number of hydrogen-bond donors (Lipinski definition) is 1. The second-order valence-corrected chi connectivity index (χ2v) is 10.7. The van der Waals surface area contributed by atoms with E-state index < -0.39 is 10.0 Å². The number of ether oxygens (including phenoxy) is 1. The fourth-order valence-electron chi connectivity index (χ4n) is 5.81. The molecule has 0 spiro atoms. The summed E-state index contributed by atoms with van der Waals surface area (Å²) >= 11 is 0. The maximum absolute atomic E-state index is 12.7. The zero-order valence-corrected chi connectivity index (χ0v) is 16.8. The topological polar surface area (TPSA) is 75.7 Å². The van der Waals surface area contributed by atoms with Crippen molar-refractivity contribution >= 4 is 15.9 Å². The summed E-state index contributed by atoms with van der Waals surface area (Å²) in [7, 11) is -0.719. The van der Waals surface area contributed by atoms with Gasteiger partial charge in [0.2, 0.25) is 15.9 Å². The Balaban J connectivity index is 1.41. The third-order valence-corrected chi connectivity index (χ3v) is 8.39. The third kappa shape index (κ3) is 3.59. The van der Waals surface area contributed by atoms with E-state index in [-0.39, 0.29) is 22.9 Å². The van der Waals surface area contributed by atoms with Crippen LogP contribution in [0.1, 0.15) is 38.5 Å². The molecule has 148 valence electrons. The maximum atomic E-state index is 12.7. The minimum Gasteiger partial charge on any atom is -0.497 e. The van der Waals surface area contributed by atoms with Crippen molar-refractivity contribution in [3.8, 4) is 5.75 Å². The second-order valence-electron chi connectivity index (χ2n) is 8.68. The number of likely N-dealkylation sites (N-methyl/N-ethyl adjacent to an activating group) is 1. The maximum Gasteiger partial charge on any atom is 0.243 e. The number of nitrogens with one attached hydrogen (secondary N) is 1. The average molecular weight is 393 g/mol. The van der Waals surface area contributed by atoms with Crippen LogP contribution in [0.2, 0.25) is 0 Å². The fourth-order valence-corrected chi connectivity index (χ4v) is 6.94. The molecule has 4 bridgehead atoms. The van der Waals surface area contributed by atoms with E-state index in [0.717, 1.165) is 41.3 Å². The van der Waals surface area contributed by atoms with Gasteiger partial charge in [-0.05, 0) is 80.5 Å². The van der Waals surface area contributed by atoms with Crippen LogP contribution in [0.5, 0.6) is 5.75 Å². The summed E-state index contributed by atoms with van der Waals surface area (Å²) in [6.45, 7) is -0.157. The lowest BCUT2D eigenvalue weighted by atomic mass is 9.53. The molecule has 1 aromatic carbocycles. The van der Waals surface area contributed by atoms with E-state index in [1.807, 2.05) is 0 Å². The molecule has 6 nitrogen and oxygen atoms in total. The van der Waals surface area contributed by atoms with Crippen LogP contribution in [-0.2, 0) is 14.8 Å². The lowest BCUT2D eigenvalue weighted by molar-refractivity contribution is -0.126. The molecule has 0 radical (unpaired) electrons. The van der Waals surface area contributed by atoms with Crippen molar-refractivity contribution in [1.82, 2.24) is 9.62 Å². The molecule has 4 aliphatic rings. The summed E-state index contributed by atoms with van der Waals surface area (Å²) in [6, 6.07) is 6.22. The van der Waals surface area contributed by atoms with E-state index in [4.69, 9.17) is 4.74 Å². The van der Waals surface area contributed by atoms with Gasteiger partial charge in [-0.1, -0.05) is 0 Å². The summed E-state index contributed by atoms with van der Waals surface area (Å²) < 4.78 is 31.7. The van der Waals surface area contributed by atoms with E-state index in [9.17, 15) is 13.2 Å². The standard InChI is InChI=1S/C20H28N2O4S/c1-22(27(24,25)18-5-3-17(26-2)4-6-18)13-19(23)21-20-10-14-7-15(11-20)9-16(8-14)12-20/h3-6,14-16H,7-13H2,1-2H3,(H,21,23). The van der Waals surface area contributed by atoms with Crippen molar-refractivity contribution < 1.29 is 17.9 Å². The van der Waals surface area contributed by atoms with Gasteiger partial charge < -0.3 is 10.1 Å². The highest BCUT2D eigenvalue weighted by Crippen LogP contribution is 2.55. The molecule has 0 saturated heterocycles. The Hall–Kier alpha value is -1.60. The zero-order chi connectivity index (χ0) is 19.2. The van der Waals surface area contributed by atoms with Crippen LogP contribution in [0, 0.1) is 17.8 Å². The van der Waals surface area contributed by atoms with Gasteiger partial charge in [0.1, 0.15) is 5.75 Å². The number of carbonyl (C=O) groups excluding carboxylic acids is 1. The predicted octanol–water partition coefficient (Wildman–Crippen LogP) is 2.40. The Morgan fingerprint density at radius 3 is 2.11 bits per heavy atom. The van der Waals surface area contributed by atoms with Gasteiger partial charge in [0.25, 0.3) is 0 Å². The molecule has 5 rings (SSSR count). The van der Waals surface area contributed by atoms with Crippen molar-refractivity contribution in [3.05, 3.63) is 24.3 Å². The second kappa shape index (κ2) is 6.78. The molecule has 4 saturated carbocycles. The van der Waals surface area contributed by atoms with Gasteiger partial charge in [-0.15, -0.1) is 0 Å². The molecule has 0 unspecified atom stereocenters. The molecule has 1 N–H and O–H groups in total. The molecule has 0 atom stereocenters. The number of carbonyl (C=O) groups is 1. The molecule has 27 heavy (non-hydrogen) atoms. The Bertz CT molecular complexity index is 784. The van der Waals surface area contributed by atoms with Crippen LogP contribution in [-0.4, -0.2) is 44.9 Å².